The molecule has 3 aliphatic heterocycles. The van der Waals surface area contributed by atoms with Crippen LogP contribution in [0.2, 0.25) is 0 Å². The lowest BCUT2D eigenvalue weighted by Gasteiger charge is -2.23. The van der Waals surface area contributed by atoms with Crippen LogP contribution in [0.4, 0.5) is 4.39 Å². The summed E-state index contributed by atoms with van der Waals surface area (Å²) >= 11 is 0. The summed E-state index contributed by atoms with van der Waals surface area (Å²) in [4.78, 5) is 11.2. The first-order chi connectivity index (χ1) is 14.2. The van der Waals surface area contributed by atoms with E-state index in [0.29, 0.717) is 42.1 Å². The van der Waals surface area contributed by atoms with Crippen LogP contribution in [0.15, 0.2) is 47.6 Å². The SMILES string of the molecule is CN=C(NCc1cc(Oc2ccc(F)cc2)ccn1)N1CC2C3CCC(O3)C2C1. The van der Waals surface area contributed by atoms with Gasteiger partial charge in [-0.1, -0.05) is 0 Å². The normalized spacial score (nSPS) is 27.9. The van der Waals surface area contributed by atoms with Crippen LogP contribution < -0.4 is 10.1 Å². The number of ether oxygens (including phenoxy) is 2. The Morgan fingerprint density at radius 2 is 1.90 bits per heavy atom. The number of nitrogens with one attached hydrogen (secondary N) is 1. The summed E-state index contributed by atoms with van der Waals surface area (Å²) in [6, 6.07) is 9.65. The molecule has 0 radical (unpaired) electrons. The number of hydrogen-bond acceptors (Lipinski definition) is 4. The standard InChI is InChI=1S/C22H25FN4O2/c1-24-22(27-12-18-19(13-27)21-7-6-20(18)29-21)26-11-15-10-17(8-9-25-15)28-16-4-2-14(23)3-5-16/h2-5,8-10,18-21H,6-7,11-13H2,1H3,(H,24,26). The quantitative estimate of drug-likeness (QED) is 0.635. The molecule has 1 N–H and O–H groups in total. The van der Waals surface area contributed by atoms with Crippen LogP contribution in [0.3, 0.4) is 0 Å². The number of aromatic nitrogens is 1. The van der Waals surface area contributed by atoms with Crippen molar-refractivity contribution in [1.29, 1.82) is 0 Å². The van der Waals surface area contributed by atoms with E-state index in [-0.39, 0.29) is 5.82 Å². The summed E-state index contributed by atoms with van der Waals surface area (Å²) < 4.78 is 24.9. The van der Waals surface area contributed by atoms with Gasteiger partial charge in [-0.05, 0) is 43.2 Å². The Morgan fingerprint density at radius 3 is 2.59 bits per heavy atom. The minimum atomic E-state index is -0.283. The van der Waals surface area contributed by atoms with E-state index in [1.807, 2.05) is 13.1 Å². The molecule has 0 amide bonds. The molecular formula is C22H25FN4O2. The minimum absolute atomic E-state index is 0.283. The van der Waals surface area contributed by atoms with Gasteiger partial charge in [-0.3, -0.25) is 9.98 Å². The maximum Gasteiger partial charge on any atom is 0.193 e. The molecule has 0 spiro atoms. The highest BCUT2D eigenvalue weighted by Crippen LogP contribution is 2.47. The molecule has 4 heterocycles. The van der Waals surface area contributed by atoms with Crippen molar-refractivity contribution in [3.05, 3.63) is 54.1 Å². The zero-order valence-corrected chi connectivity index (χ0v) is 16.4. The number of fused-ring (bicyclic) bond motifs is 5. The Hall–Kier alpha value is -2.67. The van der Waals surface area contributed by atoms with Crippen molar-refractivity contribution in [3.63, 3.8) is 0 Å². The molecule has 4 unspecified atom stereocenters. The molecule has 0 saturated carbocycles. The summed E-state index contributed by atoms with van der Waals surface area (Å²) in [6.07, 6.45) is 5.01. The number of benzene rings is 1. The lowest BCUT2D eigenvalue weighted by atomic mass is 9.82. The van der Waals surface area contributed by atoms with Crippen molar-refractivity contribution in [3.8, 4) is 11.5 Å². The van der Waals surface area contributed by atoms with E-state index in [0.717, 1.165) is 24.7 Å². The van der Waals surface area contributed by atoms with Gasteiger partial charge >= 0.3 is 0 Å². The Kier molecular flexibility index (Phi) is 4.83. The Balaban J connectivity index is 1.20. The molecule has 2 aromatic rings. The largest absolute Gasteiger partial charge is 0.457 e. The van der Waals surface area contributed by atoms with Crippen LogP contribution >= 0.6 is 0 Å². The van der Waals surface area contributed by atoms with E-state index in [1.165, 1.54) is 25.0 Å². The van der Waals surface area contributed by atoms with Crippen LogP contribution in [0.25, 0.3) is 0 Å². The monoisotopic (exact) mass is 396 g/mol. The fraction of sp³-hybridized carbons (Fsp3) is 0.455. The molecule has 29 heavy (non-hydrogen) atoms. The van der Waals surface area contributed by atoms with Gasteiger partial charge in [0.25, 0.3) is 0 Å². The second-order valence-electron chi connectivity index (χ2n) is 7.96. The molecule has 152 valence electrons. The highest BCUT2D eigenvalue weighted by molar-refractivity contribution is 5.80. The van der Waals surface area contributed by atoms with Crippen molar-refractivity contribution in [2.24, 2.45) is 16.8 Å². The van der Waals surface area contributed by atoms with Crippen molar-refractivity contribution in [2.75, 3.05) is 20.1 Å². The Bertz CT molecular complexity index is 886. The maximum atomic E-state index is 13.1. The fourth-order valence-electron chi connectivity index (χ4n) is 4.89. The molecular weight excluding hydrogens is 371 g/mol. The van der Waals surface area contributed by atoms with Crippen LogP contribution in [-0.2, 0) is 11.3 Å². The molecule has 5 rings (SSSR count). The first-order valence-corrected chi connectivity index (χ1v) is 10.2. The molecule has 0 aliphatic carbocycles. The second kappa shape index (κ2) is 7.63. The van der Waals surface area contributed by atoms with Gasteiger partial charge in [0.05, 0.1) is 24.4 Å². The highest BCUT2D eigenvalue weighted by Gasteiger charge is 2.53. The summed E-state index contributed by atoms with van der Waals surface area (Å²) in [5, 5.41) is 3.43. The minimum Gasteiger partial charge on any atom is -0.457 e. The number of likely N-dealkylation sites (tertiary alicyclic amines) is 1. The lowest BCUT2D eigenvalue weighted by Crippen LogP contribution is -2.41. The fourth-order valence-corrected chi connectivity index (χ4v) is 4.89. The second-order valence-corrected chi connectivity index (χ2v) is 7.96. The molecule has 3 fully saturated rings. The van der Waals surface area contributed by atoms with Gasteiger partial charge in [0.1, 0.15) is 17.3 Å². The van der Waals surface area contributed by atoms with Gasteiger partial charge in [0, 0.05) is 44.2 Å². The van der Waals surface area contributed by atoms with E-state index >= 15 is 0 Å². The van der Waals surface area contributed by atoms with E-state index in [2.05, 4.69) is 20.2 Å². The third kappa shape index (κ3) is 3.67. The average molecular weight is 396 g/mol. The molecule has 2 bridgehead atoms. The lowest BCUT2D eigenvalue weighted by molar-refractivity contribution is 0.0767. The van der Waals surface area contributed by atoms with Crippen LogP contribution in [0.5, 0.6) is 11.5 Å². The smallest absolute Gasteiger partial charge is 0.193 e. The molecule has 6 nitrogen and oxygen atoms in total. The highest BCUT2D eigenvalue weighted by atomic mass is 19.1. The molecule has 1 aromatic carbocycles. The van der Waals surface area contributed by atoms with Gasteiger partial charge < -0.3 is 19.7 Å². The van der Waals surface area contributed by atoms with Gasteiger partial charge in [-0.15, -0.1) is 0 Å². The number of rotatable bonds is 4. The number of hydrogen-bond donors (Lipinski definition) is 1. The van der Waals surface area contributed by atoms with Crippen molar-refractivity contribution in [2.45, 2.75) is 31.6 Å². The third-order valence-electron chi connectivity index (χ3n) is 6.23. The molecule has 1 aromatic heterocycles. The van der Waals surface area contributed by atoms with Gasteiger partial charge in [0.2, 0.25) is 0 Å². The summed E-state index contributed by atoms with van der Waals surface area (Å²) in [5.41, 5.74) is 0.855. The molecule has 3 aliphatic rings. The number of halogens is 1. The zero-order chi connectivity index (χ0) is 19.8. The van der Waals surface area contributed by atoms with E-state index in [1.54, 1.807) is 24.4 Å². The molecule has 7 heteroatoms. The third-order valence-corrected chi connectivity index (χ3v) is 6.23. The van der Waals surface area contributed by atoms with Gasteiger partial charge in [-0.2, -0.15) is 0 Å². The number of nitrogens with zero attached hydrogens (tertiary/aromatic N) is 3. The van der Waals surface area contributed by atoms with Crippen LogP contribution in [-0.4, -0.2) is 48.2 Å². The van der Waals surface area contributed by atoms with Crippen LogP contribution in [0.1, 0.15) is 18.5 Å². The Labute approximate surface area is 169 Å². The van der Waals surface area contributed by atoms with Crippen molar-refractivity contribution >= 4 is 5.96 Å². The summed E-state index contributed by atoms with van der Waals surface area (Å²) in [7, 11) is 1.82. The number of aliphatic imine (C=N–C) groups is 1. The Morgan fingerprint density at radius 1 is 1.17 bits per heavy atom. The van der Waals surface area contributed by atoms with Crippen LogP contribution in [0, 0.1) is 17.7 Å². The number of pyridine rings is 1. The first kappa shape index (κ1) is 18.4. The maximum absolute atomic E-state index is 13.1. The molecule has 4 atom stereocenters. The van der Waals surface area contributed by atoms with E-state index in [4.69, 9.17) is 9.47 Å². The zero-order valence-electron chi connectivity index (χ0n) is 16.4. The number of guanidine groups is 1. The van der Waals surface area contributed by atoms with Crippen molar-refractivity contribution in [1.82, 2.24) is 15.2 Å². The summed E-state index contributed by atoms with van der Waals surface area (Å²) in [5.74, 6) is 3.16. The topological polar surface area (TPSA) is 59.0 Å². The van der Waals surface area contributed by atoms with E-state index in [9.17, 15) is 4.39 Å². The summed E-state index contributed by atoms with van der Waals surface area (Å²) in [6.45, 7) is 2.57. The van der Waals surface area contributed by atoms with E-state index < -0.39 is 0 Å². The predicted octanol–water partition coefficient (Wildman–Crippen LogP) is 3.20. The van der Waals surface area contributed by atoms with Gasteiger partial charge in [0.15, 0.2) is 5.96 Å². The van der Waals surface area contributed by atoms with Gasteiger partial charge in [-0.25, -0.2) is 4.39 Å². The average Bonchev–Trinajstić information content (AvgIpc) is 3.44. The van der Waals surface area contributed by atoms with Crippen molar-refractivity contribution < 1.29 is 13.9 Å². The predicted molar refractivity (Wildman–Crippen MR) is 107 cm³/mol. The molecule has 3 saturated heterocycles. The first-order valence-electron chi connectivity index (χ1n) is 10.2.